The van der Waals surface area contributed by atoms with E-state index in [9.17, 15) is 4.79 Å². The van der Waals surface area contributed by atoms with Gasteiger partial charge in [0.1, 0.15) is 0 Å². The average molecular weight is 181 g/mol. The van der Waals surface area contributed by atoms with E-state index < -0.39 is 0 Å². The molecule has 5 nitrogen and oxygen atoms in total. The first-order chi connectivity index (χ1) is 6.33. The first-order valence-corrected chi connectivity index (χ1v) is 3.88. The molecule has 3 N–H and O–H groups in total. The third-order valence-corrected chi connectivity index (χ3v) is 1.34. The molecule has 0 aliphatic carbocycles. The summed E-state index contributed by atoms with van der Waals surface area (Å²) in [4.78, 5) is 17.6. The highest BCUT2D eigenvalue weighted by Crippen LogP contribution is 1.93. The number of amides is 1. The molecule has 0 radical (unpaired) electrons. The normalized spacial score (nSPS) is 10.5. The van der Waals surface area contributed by atoms with E-state index >= 15 is 0 Å². The molecule has 1 rings (SSSR count). The van der Waals surface area contributed by atoms with E-state index in [4.69, 9.17) is 5.11 Å². The molecule has 0 atom stereocenters. The Balaban J connectivity index is 2.35. The van der Waals surface area contributed by atoms with Gasteiger partial charge >= 0.3 is 0 Å². The molecule has 0 aromatic carbocycles. The first-order valence-electron chi connectivity index (χ1n) is 3.88. The summed E-state index contributed by atoms with van der Waals surface area (Å²) in [5.41, 5.74) is 0.763. The molecule has 1 amide bonds. The molecule has 0 aliphatic rings. The van der Waals surface area contributed by atoms with Crippen LogP contribution in [0.15, 0.2) is 18.6 Å². The fraction of sp³-hybridized carbons (Fsp3) is 0.250. The summed E-state index contributed by atoms with van der Waals surface area (Å²) in [6.45, 7) is 0.218. The summed E-state index contributed by atoms with van der Waals surface area (Å²) in [5, 5.41) is 10.9. The molecule has 0 fully saturated rings. The molecule has 0 saturated carbocycles. The molecule has 13 heavy (non-hydrogen) atoms. The summed E-state index contributed by atoms with van der Waals surface area (Å²) in [6, 6.07) is 0. The van der Waals surface area contributed by atoms with Crippen molar-refractivity contribution in [2.24, 2.45) is 0 Å². The van der Waals surface area contributed by atoms with Crippen molar-refractivity contribution in [1.29, 1.82) is 0 Å². The second kappa shape index (κ2) is 5.10. The number of nitrogens with zero attached hydrogens (tertiary/aromatic N) is 1. The number of hydrogen-bond acceptors (Lipinski definition) is 3. The lowest BCUT2D eigenvalue weighted by Crippen LogP contribution is -2.24. The van der Waals surface area contributed by atoms with Crippen LogP contribution in [0, 0.1) is 0 Å². The number of hydrogen-bond donors (Lipinski definition) is 3. The predicted molar refractivity (Wildman–Crippen MR) is 47.7 cm³/mol. The highest BCUT2D eigenvalue weighted by atomic mass is 16.3. The van der Waals surface area contributed by atoms with Gasteiger partial charge in [0, 0.05) is 12.6 Å². The minimum Gasteiger partial charge on any atom is -0.395 e. The zero-order valence-corrected chi connectivity index (χ0v) is 7.03. The van der Waals surface area contributed by atoms with Crippen LogP contribution < -0.4 is 5.32 Å². The van der Waals surface area contributed by atoms with Gasteiger partial charge in [-0.25, -0.2) is 4.98 Å². The predicted octanol–water partition coefficient (Wildman–Crippen LogP) is -0.469. The number of imidazole rings is 1. The highest BCUT2D eigenvalue weighted by Gasteiger charge is 1.92. The molecule has 0 saturated heterocycles. The summed E-state index contributed by atoms with van der Waals surface area (Å²) >= 11 is 0. The van der Waals surface area contributed by atoms with E-state index in [-0.39, 0.29) is 19.1 Å². The molecule has 1 heterocycles. The lowest BCUT2D eigenvalue weighted by molar-refractivity contribution is -0.116. The Kier molecular flexibility index (Phi) is 3.72. The lowest BCUT2D eigenvalue weighted by atomic mass is 10.4. The fourth-order valence-electron chi connectivity index (χ4n) is 0.761. The second-order valence-corrected chi connectivity index (χ2v) is 2.35. The van der Waals surface area contributed by atoms with Crippen molar-refractivity contribution in [3.63, 3.8) is 0 Å². The Labute approximate surface area is 75.5 Å². The monoisotopic (exact) mass is 181 g/mol. The van der Waals surface area contributed by atoms with E-state index in [2.05, 4.69) is 15.3 Å². The number of aliphatic hydroxyl groups is 1. The third-order valence-electron chi connectivity index (χ3n) is 1.34. The van der Waals surface area contributed by atoms with Crippen molar-refractivity contribution in [2.45, 2.75) is 0 Å². The Morgan fingerprint density at radius 2 is 2.62 bits per heavy atom. The van der Waals surface area contributed by atoms with Crippen LogP contribution in [0.2, 0.25) is 0 Å². The standard InChI is InChI=1S/C8H11N3O2/c12-4-3-10-8(13)2-1-7-5-9-6-11-7/h1-2,5-6,12H,3-4H2,(H,9,11)(H,10,13)/b2-1+. The van der Waals surface area contributed by atoms with Crippen LogP contribution in [0.25, 0.3) is 6.08 Å². The quantitative estimate of drug-likeness (QED) is 0.549. The maximum Gasteiger partial charge on any atom is 0.244 e. The van der Waals surface area contributed by atoms with Crippen LogP contribution >= 0.6 is 0 Å². The number of nitrogens with one attached hydrogen (secondary N) is 2. The molecule has 70 valence electrons. The molecule has 1 aromatic rings. The van der Waals surface area contributed by atoms with E-state index in [0.29, 0.717) is 0 Å². The SMILES string of the molecule is O=C(/C=C/c1cnc[nH]1)NCCO. The smallest absolute Gasteiger partial charge is 0.244 e. The Morgan fingerprint density at radius 1 is 1.77 bits per heavy atom. The third kappa shape index (κ3) is 3.53. The summed E-state index contributed by atoms with van der Waals surface area (Å²) < 4.78 is 0. The summed E-state index contributed by atoms with van der Waals surface area (Å²) in [5.74, 6) is -0.233. The molecule has 5 heteroatoms. The highest BCUT2D eigenvalue weighted by molar-refractivity contribution is 5.91. The van der Waals surface area contributed by atoms with Crippen molar-refractivity contribution in [2.75, 3.05) is 13.2 Å². The van der Waals surface area contributed by atoms with Gasteiger partial charge in [-0.05, 0) is 6.08 Å². The number of aliphatic hydroxyl groups excluding tert-OH is 1. The molecule has 0 unspecified atom stereocenters. The van der Waals surface area contributed by atoms with E-state index in [1.165, 1.54) is 12.4 Å². The van der Waals surface area contributed by atoms with Crippen LogP contribution in [-0.2, 0) is 4.79 Å². The number of carbonyl (C=O) groups excluding carboxylic acids is 1. The van der Waals surface area contributed by atoms with E-state index in [0.717, 1.165) is 5.69 Å². The molecule has 0 bridgehead atoms. The minimum absolute atomic E-state index is 0.0519. The maximum absolute atomic E-state index is 11.0. The molecular formula is C8H11N3O2. The van der Waals surface area contributed by atoms with Gasteiger partial charge in [-0.1, -0.05) is 0 Å². The largest absolute Gasteiger partial charge is 0.395 e. The topological polar surface area (TPSA) is 78.0 Å². The van der Waals surface area contributed by atoms with Crippen molar-refractivity contribution < 1.29 is 9.90 Å². The number of aromatic nitrogens is 2. The van der Waals surface area contributed by atoms with Gasteiger partial charge in [-0.2, -0.15) is 0 Å². The van der Waals surface area contributed by atoms with Gasteiger partial charge in [0.05, 0.1) is 24.8 Å². The van der Waals surface area contributed by atoms with Gasteiger partial charge in [0.2, 0.25) is 5.91 Å². The second-order valence-electron chi connectivity index (χ2n) is 2.35. The van der Waals surface area contributed by atoms with Crippen molar-refractivity contribution in [3.8, 4) is 0 Å². The van der Waals surface area contributed by atoms with Gasteiger partial charge in [-0.15, -0.1) is 0 Å². The van der Waals surface area contributed by atoms with Crippen LogP contribution in [-0.4, -0.2) is 34.1 Å². The van der Waals surface area contributed by atoms with Crippen molar-refractivity contribution in [1.82, 2.24) is 15.3 Å². The van der Waals surface area contributed by atoms with Gasteiger partial charge < -0.3 is 15.4 Å². The van der Waals surface area contributed by atoms with E-state index in [1.807, 2.05) is 0 Å². The molecule has 1 aromatic heterocycles. The molecule has 0 spiro atoms. The summed E-state index contributed by atoms with van der Waals surface area (Å²) in [6.07, 6.45) is 6.13. The van der Waals surface area contributed by atoms with Gasteiger partial charge in [0.15, 0.2) is 0 Å². The molecule has 0 aliphatic heterocycles. The zero-order valence-electron chi connectivity index (χ0n) is 7.03. The van der Waals surface area contributed by atoms with Crippen molar-refractivity contribution in [3.05, 3.63) is 24.3 Å². The Bertz CT molecular complexity index is 280. The average Bonchev–Trinajstić information content (AvgIpc) is 2.64. The van der Waals surface area contributed by atoms with Gasteiger partial charge in [-0.3, -0.25) is 4.79 Å². The first kappa shape index (κ1) is 9.47. The maximum atomic E-state index is 11.0. The number of rotatable bonds is 4. The van der Waals surface area contributed by atoms with E-state index in [1.54, 1.807) is 12.3 Å². The fourth-order valence-corrected chi connectivity index (χ4v) is 0.761. The van der Waals surface area contributed by atoms with Crippen LogP contribution in [0.3, 0.4) is 0 Å². The zero-order chi connectivity index (χ0) is 9.52. The number of carbonyl (C=O) groups is 1. The van der Waals surface area contributed by atoms with Crippen LogP contribution in [0.4, 0.5) is 0 Å². The summed E-state index contributed by atoms with van der Waals surface area (Å²) in [7, 11) is 0. The van der Waals surface area contributed by atoms with Crippen LogP contribution in [0.5, 0.6) is 0 Å². The molecular weight excluding hydrogens is 170 g/mol. The van der Waals surface area contributed by atoms with Crippen LogP contribution in [0.1, 0.15) is 5.69 Å². The minimum atomic E-state index is -0.233. The number of aromatic amines is 1. The van der Waals surface area contributed by atoms with Crippen molar-refractivity contribution >= 4 is 12.0 Å². The Morgan fingerprint density at radius 3 is 3.23 bits per heavy atom. The lowest BCUT2D eigenvalue weighted by Gasteiger charge is -1.95. The number of H-pyrrole nitrogens is 1. The Hall–Kier alpha value is -1.62. The van der Waals surface area contributed by atoms with Gasteiger partial charge in [0.25, 0.3) is 0 Å².